The van der Waals surface area contributed by atoms with Crippen molar-refractivity contribution in [2.24, 2.45) is 0 Å². The maximum atomic E-state index is 13.1. The molecule has 8 heteroatoms. The molecular formula is C19H16BrFN4O2. The summed E-state index contributed by atoms with van der Waals surface area (Å²) in [7, 11) is 0. The highest BCUT2D eigenvalue weighted by Gasteiger charge is 2.13. The zero-order valence-corrected chi connectivity index (χ0v) is 16.0. The molecule has 0 aliphatic heterocycles. The lowest BCUT2D eigenvalue weighted by molar-refractivity contribution is -0.115. The molecule has 0 fully saturated rings. The van der Waals surface area contributed by atoms with Crippen LogP contribution in [-0.4, -0.2) is 28.1 Å². The summed E-state index contributed by atoms with van der Waals surface area (Å²) in [6, 6.07) is 14.3. The van der Waals surface area contributed by atoms with Gasteiger partial charge < -0.3 is 10.6 Å². The van der Waals surface area contributed by atoms with Gasteiger partial charge in [0.15, 0.2) is 0 Å². The molecule has 2 N–H and O–H groups in total. The Labute approximate surface area is 163 Å². The van der Waals surface area contributed by atoms with Crippen molar-refractivity contribution in [2.75, 3.05) is 11.9 Å². The van der Waals surface area contributed by atoms with Crippen LogP contribution in [0.2, 0.25) is 0 Å². The number of hydrogen-bond donors (Lipinski definition) is 2. The Kier molecular flexibility index (Phi) is 5.66. The summed E-state index contributed by atoms with van der Waals surface area (Å²) in [4.78, 5) is 24.3. The van der Waals surface area contributed by atoms with Gasteiger partial charge in [-0.15, -0.1) is 0 Å². The van der Waals surface area contributed by atoms with E-state index in [4.69, 9.17) is 0 Å². The van der Waals surface area contributed by atoms with Crippen LogP contribution in [0.1, 0.15) is 16.1 Å². The molecule has 27 heavy (non-hydrogen) atoms. The Balaban J connectivity index is 1.65. The molecule has 0 saturated carbocycles. The first kappa shape index (κ1) is 18.8. The molecule has 138 valence electrons. The summed E-state index contributed by atoms with van der Waals surface area (Å²) < 4.78 is 15.5. The van der Waals surface area contributed by atoms with E-state index in [0.29, 0.717) is 22.8 Å². The van der Waals surface area contributed by atoms with Crippen molar-refractivity contribution in [2.45, 2.75) is 6.92 Å². The molecule has 2 aromatic carbocycles. The highest BCUT2D eigenvalue weighted by Crippen LogP contribution is 2.17. The van der Waals surface area contributed by atoms with Crippen LogP contribution >= 0.6 is 15.9 Å². The fraction of sp³-hybridized carbons (Fsp3) is 0.105. The third-order valence-electron chi connectivity index (χ3n) is 3.69. The molecule has 3 rings (SSSR count). The molecule has 2 amide bonds. The zero-order chi connectivity index (χ0) is 19.4. The van der Waals surface area contributed by atoms with Gasteiger partial charge in [-0.1, -0.05) is 15.9 Å². The Hall–Kier alpha value is -3.00. The fourth-order valence-corrected chi connectivity index (χ4v) is 2.68. The van der Waals surface area contributed by atoms with Crippen LogP contribution in [0, 0.1) is 12.7 Å². The first-order valence-corrected chi connectivity index (χ1v) is 8.88. The largest absolute Gasteiger partial charge is 0.343 e. The van der Waals surface area contributed by atoms with E-state index in [1.807, 2.05) is 0 Å². The molecule has 0 radical (unpaired) electrons. The SMILES string of the molecule is Cc1cc(NC(=O)CNC(=O)c2ccc(Br)cc2)n(-c2ccc(F)cc2)n1. The molecule has 1 aromatic heterocycles. The number of anilines is 1. The molecule has 0 aliphatic carbocycles. The molecule has 0 bridgehead atoms. The number of carbonyl (C=O) groups excluding carboxylic acids is 2. The van der Waals surface area contributed by atoms with Gasteiger partial charge in [0.25, 0.3) is 5.91 Å². The van der Waals surface area contributed by atoms with Gasteiger partial charge in [0.2, 0.25) is 5.91 Å². The maximum absolute atomic E-state index is 13.1. The van der Waals surface area contributed by atoms with Gasteiger partial charge in [-0.05, 0) is 55.5 Å². The van der Waals surface area contributed by atoms with E-state index in [-0.39, 0.29) is 18.3 Å². The predicted octanol–water partition coefficient (Wildman–Crippen LogP) is 3.45. The molecule has 1 heterocycles. The monoisotopic (exact) mass is 430 g/mol. The maximum Gasteiger partial charge on any atom is 0.251 e. The number of hydrogen-bond acceptors (Lipinski definition) is 3. The molecule has 0 saturated heterocycles. The third-order valence-corrected chi connectivity index (χ3v) is 4.21. The van der Waals surface area contributed by atoms with Crippen LogP contribution in [0.25, 0.3) is 5.69 Å². The number of carbonyl (C=O) groups is 2. The average Bonchev–Trinajstić information content (AvgIpc) is 3.01. The summed E-state index contributed by atoms with van der Waals surface area (Å²) in [5, 5.41) is 9.57. The molecule has 6 nitrogen and oxygen atoms in total. The van der Waals surface area contributed by atoms with Gasteiger partial charge in [-0.2, -0.15) is 5.10 Å². The minimum atomic E-state index is -0.399. The van der Waals surface area contributed by atoms with E-state index in [0.717, 1.165) is 4.47 Å². The lowest BCUT2D eigenvalue weighted by Crippen LogP contribution is -2.33. The number of nitrogens with one attached hydrogen (secondary N) is 2. The molecule has 0 spiro atoms. The van der Waals surface area contributed by atoms with E-state index < -0.39 is 5.91 Å². The fourth-order valence-electron chi connectivity index (χ4n) is 2.42. The van der Waals surface area contributed by atoms with Crippen molar-refractivity contribution in [3.8, 4) is 5.69 Å². The van der Waals surface area contributed by atoms with Gasteiger partial charge >= 0.3 is 0 Å². The van der Waals surface area contributed by atoms with Crippen LogP contribution in [0.4, 0.5) is 10.2 Å². The number of benzene rings is 2. The number of nitrogens with zero attached hydrogens (tertiary/aromatic N) is 2. The topological polar surface area (TPSA) is 76.0 Å². The second-order valence-electron chi connectivity index (χ2n) is 5.80. The molecule has 0 aliphatic rings. The molecular weight excluding hydrogens is 415 g/mol. The van der Waals surface area contributed by atoms with Gasteiger partial charge in [0, 0.05) is 16.1 Å². The van der Waals surface area contributed by atoms with Gasteiger partial charge in [-0.25, -0.2) is 9.07 Å². The van der Waals surface area contributed by atoms with Gasteiger partial charge in [-0.3, -0.25) is 9.59 Å². The highest BCUT2D eigenvalue weighted by molar-refractivity contribution is 9.10. The Bertz CT molecular complexity index is 968. The highest BCUT2D eigenvalue weighted by atomic mass is 79.9. The second-order valence-corrected chi connectivity index (χ2v) is 6.71. The molecule has 3 aromatic rings. The lowest BCUT2D eigenvalue weighted by Gasteiger charge is -2.10. The van der Waals surface area contributed by atoms with Gasteiger partial charge in [0.05, 0.1) is 17.9 Å². The van der Waals surface area contributed by atoms with Crippen molar-refractivity contribution >= 4 is 33.6 Å². The summed E-state index contributed by atoms with van der Waals surface area (Å²) in [6.45, 7) is 1.59. The van der Waals surface area contributed by atoms with Crippen molar-refractivity contribution < 1.29 is 14.0 Å². The summed E-state index contributed by atoms with van der Waals surface area (Å²) in [5.41, 5.74) is 1.76. The molecule has 0 atom stereocenters. The predicted molar refractivity (Wildman–Crippen MR) is 103 cm³/mol. The minimum Gasteiger partial charge on any atom is -0.343 e. The first-order chi connectivity index (χ1) is 12.9. The second kappa shape index (κ2) is 8.13. The standard InChI is InChI=1S/C19H16BrFN4O2/c1-12-10-17(25(24-12)16-8-6-15(21)7-9-16)23-18(26)11-22-19(27)13-2-4-14(20)5-3-13/h2-10H,11H2,1H3,(H,22,27)(H,23,26). The molecule has 0 unspecified atom stereocenters. The van der Waals surface area contributed by atoms with E-state index in [9.17, 15) is 14.0 Å². The number of amides is 2. The Morgan fingerprint density at radius 1 is 1.11 bits per heavy atom. The number of aromatic nitrogens is 2. The van der Waals surface area contributed by atoms with Gasteiger partial charge in [0.1, 0.15) is 11.6 Å². The van der Waals surface area contributed by atoms with Crippen LogP contribution in [0.15, 0.2) is 59.1 Å². The van der Waals surface area contributed by atoms with E-state index in [1.165, 1.54) is 16.8 Å². The quantitative estimate of drug-likeness (QED) is 0.650. The Morgan fingerprint density at radius 2 is 1.78 bits per heavy atom. The lowest BCUT2D eigenvalue weighted by atomic mass is 10.2. The van der Waals surface area contributed by atoms with Crippen LogP contribution in [0.5, 0.6) is 0 Å². The van der Waals surface area contributed by atoms with E-state index in [1.54, 1.807) is 49.4 Å². The van der Waals surface area contributed by atoms with Crippen molar-refractivity contribution in [3.63, 3.8) is 0 Å². The minimum absolute atomic E-state index is 0.192. The summed E-state index contributed by atoms with van der Waals surface area (Å²) in [6.07, 6.45) is 0. The summed E-state index contributed by atoms with van der Waals surface area (Å²) in [5.74, 6) is -0.671. The van der Waals surface area contributed by atoms with Crippen molar-refractivity contribution in [1.29, 1.82) is 0 Å². The van der Waals surface area contributed by atoms with Crippen LogP contribution in [-0.2, 0) is 4.79 Å². The van der Waals surface area contributed by atoms with E-state index >= 15 is 0 Å². The van der Waals surface area contributed by atoms with E-state index in [2.05, 4.69) is 31.7 Å². The van der Waals surface area contributed by atoms with Crippen LogP contribution < -0.4 is 10.6 Å². The average molecular weight is 431 g/mol. The Morgan fingerprint density at radius 3 is 2.44 bits per heavy atom. The van der Waals surface area contributed by atoms with Crippen molar-refractivity contribution in [3.05, 3.63) is 76.1 Å². The summed E-state index contributed by atoms with van der Waals surface area (Å²) >= 11 is 3.30. The number of aryl methyl sites for hydroxylation is 1. The number of halogens is 2. The number of rotatable bonds is 5. The van der Waals surface area contributed by atoms with Crippen LogP contribution in [0.3, 0.4) is 0 Å². The first-order valence-electron chi connectivity index (χ1n) is 8.08. The van der Waals surface area contributed by atoms with Crippen molar-refractivity contribution in [1.82, 2.24) is 15.1 Å². The third kappa shape index (κ3) is 4.79. The zero-order valence-electron chi connectivity index (χ0n) is 14.4. The normalized spacial score (nSPS) is 10.5. The smallest absolute Gasteiger partial charge is 0.251 e.